The van der Waals surface area contributed by atoms with Gasteiger partial charge in [-0.05, 0) is 49.6 Å². The molecule has 3 rings (SSSR count). The van der Waals surface area contributed by atoms with Crippen molar-refractivity contribution in [1.82, 2.24) is 4.31 Å². The molecule has 1 unspecified atom stereocenters. The Bertz CT molecular complexity index is 997. The van der Waals surface area contributed by atoms with Crippen molar-refractivity contribution in [3.63, 3.8) is 0 Å². The van der Waals surface area contributed by atoms with Crippen molar-refractivity contribution in [3.8, 4) is 0 Å². The van der Waals surface area contributed by atoms with E-state index in [4.69, 9.17) is 4.74 Å². The Balaban J connectivity index is 1.53. The number of rotatable bonds is 6. The summed E-state index contributed by atoms with van der Waals surface area (Å²) in [5.41, 5.74) is 0.634. The molecular weight excluding hydrogens is 392 g/mol. The molecule has 0 spiro atoms. The van der Waals surface area contributed by atoms with E-state index < -0.39 is 33.9 Å². The molecule has 1 saturated heterocycles. The van der Waals surface area contributed by atoms with Crippen molar-refractivity contribution in [2.75, 3.05) is 24.2 Å². The van der Waals surface area contributed by atoms with Crippen LogP contribution in [0.25, 0.3) is 10.8 Å². The third kappa shape index (κ3) is 5.13. The lowest BCUT2D eigenvalue weighted by atomic mass is 9.98. The number of nitrogens with zero attached hydrogens (tertiary/aromatic N) is 1. The topological polar surface area (TPSA) is 92.8 Å². The third-order valence-electron chi connectivity index (χ3n) is 5.22. The zero-order valence-electron chi connectivity index (χ0n) is 16.6. The summed E-state index contributed by atoms with van der Waals surface area (Å²) in [7, 11) is -3.24. The highest BCUT2D eigenvalue weighted by Crippen LogP contribution is 2.22. The molecule has 29 heavy (non-hydrogen) atoms. The van der Waals surface area contributed by atoms with Gasteiger partial charge in [0.1, 0.15) is 0 Å². The van der Waals surface area contributed by atoms with Crippen LogP contribution in [-0.2, 0) is 24.3 Å². The van der Waals surface area contributed by atoms with E-state index in [1.165, 1.54) is 11.2 Å². The molecule has 1 fully saturated rings. The highest BCUT2D eigenvalue weighted by Gasteiger charge is 2.32. The maximum atomic E-state index is 12.4. The number of amides is 1. The first-order chi connectivity index (χ1) is 13.8. The summed E-state index contributed by atoms with van der Waals surface area (Å²) >= 11 is 0. The Morgan fingerprint density at radius 2 is 1.79 bits per heavy atom. The van der Waals surface area contributed by atoms with Gasteiger partial charge in [-0.2, -0.15) is 0 Å². The number of ether oxygens (including phenoxy) is 1. The number of nitrogens with one attached hydrogen (secondary N) is 1. The number of hydrogen-bond acceptors (Lipinski definition) is 5. The summed E-state index contributed by atoms with van der Waals surface area (Å²) in [5.74, 6) is -1.21. The number of hydrogen-bond donors (Lipinski definition) is 1. The lowest BCUT2D eigenvalue weighted by molar-refractivity contribution is -0.158. The maximum absolute atomic E-state index is 12.4. The van der Waals surface area contributed by atoms with E-state index in [0.29, 0.717) is 31.6 Å². The zero-order valence-corrected chi connectivity index (χ0v) is 17.4. The monoisotopic (exact) mass is 418 g/mol. The van der Waals surface area contributed by atoms with Crippen LogP contribution in [0.4, 0.5) is 5.69 Å². The van der Waals surface area contributed by atoms with Crippen molar-refractivity contribution in [3.05, 3.63) is 42.5 Å². The average molecular weight is 419 g/mol. The van der Waals surface area contributed by atoms with Gasteiger partial charge in [-0.25, -0.2) is 12.7 Å². The molecule has 1 amide bonds. The standard InChI is InChI=1S/C21H26N2O5S/c1-3-29(26,27)23-12-10-17(11-13-23)21(25)28-15(2)20(24)22-19-9-8-16-6-4-5-7-18(16)14-19/h4-9,14-15,17H,3,10-13H2,1-2H3,(H,22,24). The fourth-order valence-electron chi connectivity index (χ4n) is 3.39. The van der Waals surface area contributed by atoms with Gasteiger partial charge in [0.2, 0.25) is 10.0 Å². The number of fused-ring (bicyclic) bond motifs is 1. The molecule has 2 aromatic rings. The molecule has 2 aromatic carbocycles. The highest BCUT2D eigenvalue weighted by atomic mass is 32.2. The lowest BCUT2D eigenvalue weighted by Crippen LogP contribution is -2.42. The fourth-order valence-corrected chi connectivity index (χ4v) is 4.52. The Hall–Kier alpha value is -2.45. The number of piperidine rings is 1. The van der Waals surface area contributed by atoms with E-state index in [0.717, 1.165) is 10.8 Å². The van der Waals surface area contributed by atoms with Crippen LogP contribution in [0.2, 0.25) is 0 Å². The Morgan fingerprint density at radius 1 is 1.14 bits per heavy atom. The van der Waals surface area contributed by atoms with E-state index in [1.807, 2.05) is 36.4 Å². The highest BCUT2D eigenvalue weighted by molar-refractivity contribution is 7.89. The van der Waals surface area contributed by atoms with Crippen LogP contribution in [0.3, 0.4) is 0 Å². The minimum absolute atomic E-state index is 0.0497. The molecule has 1 atom stereocenters. The van der Waals surface area contributed by atoms with Crippen molar-refractivity contribution in [1.29, 1.82) is 0 Å². The predicted octanol–water partition coefficient (Wildman–Crippen LogP) is 2.77. The van der Waals surface area contributed by atoms with Gasteiger partial charge in [-0.3, -0.25) is 9.59 Å². The van der Waals surface area contributed by atoms with Gasteiger partial charge in [0.15, 0.2) is 6.10 Å². The van der Waals surface area contributed by atoms with Gasteiger partial charge >= 0.3 is 5.97 Å². The van der Waals surface area contributed by atoms with Crippen molar-refractivity contribution >= 4 is 38.4 Å². The molecule has 1 aliphatic heterocycles. The van der Waals surface area contributed by atoms with Crippen molar-refractivity contribution in [2.24, 2.45) is 5.92 Å². The normalized spacial score (nSPS) is 17.0. The summed E-state index contributed by atoms with van der Waals surface area (Å²) in [6.45, 7) is 3.73. The summed E-state index contributed by atoms with van der Waals surface area (Å²) in [5, 5.41) is 4.85. The molecule has 7 nitrogen and oxygen atoms in total. The summed E-state index contributed by atoms with van der Waals surface area (Å²) in [6, 6.07) is 13.4. The minimum Gasteiger partial charge on any atom is -0.452 e. The van der Waals surface area contributed by atoms with Gasteiger partial charge in [-0.1, -0.05) is 30.3 Å². The van der Waals surface area contributed by atoms with Crippen LogP contribution in [0.1, 0.15) is 26.7 Å². The molecule has 1 N–H and O–H groups in total. The van der Waals surface area contributed by atoms with Crippen LogP contribution >= 0.6 is 0 Å². The zero-order chi connectivity index (χ0) is 21.0. The second kappa shape index (κ2) is 8.92. The van der Waals surface area contributed by atoms with Crippen LogP contribution in [0.5, 0.6) is 0 Å². The lowest BCUT2D eigenvalue weighted by Gasteiger charge is -2.30. The largest absolute Gasteiger partial charge is 0.452 e. The first-order valence-electron chi connectivity index (χ1n) is 9.78. The fraction of sp³-hybridized carbons (Fsp3) is 0.429. The smallest absolute Gasteiger partial charge is 0.309 e. The molecule has 0 radical (unpaired) electrons. The molecule has 156 valence electrons. The predicted molar refractivity (Wildman–Crippen MR) is 112 cm³/mol. The Morgan fingerprint density at radius 3 is 2.45 bits per heavy atom. The molecule has 8 heteroatoms. The first-order valence-corrected chi connectivity index (χ1v) is 11.4. The van der Waals surface area contributed by atoms with Crippen LogP contribution in [0, 0.1) is 5.92 Å². The van der Waals surface area contributed by atoms with E-state index in [-0.39, 0.29) is 5.75 Å². The number of carbonyl (C=O) groups is 2. The molecule has 0 aromatic heterocycles. The Kier molecular flexibility index (Phi) is 6.54. The number of carbonyl (C=O) groups excluding carboxylic acids is 2. The van der Waals surface area contributed by atoms with Crippen molar-refractivity contribution < 1.29 is 22.7 Å². The molecular formula is C21H26N2O5S. The van der Waals surface area contributed by atoms with E-state index in [9.17, 15) is 18.0 Å². The van der Waals surface area contributed by atoms with Gasteiger partial charge in [0.25, 0.3) is 5.91 Å². The SMILES string of the molecule is CCS(=O)(=O)N1CCC(C(=O)OC(C)C(=O)Nc2ccc3ccccc3c2)CC1. The van der Waals surface area contributed by atoms with Gasteiger partial charge in [-0.15, -0.1) is 0 Å². The molecule has 0 saturated carbocycles. The minimum atomic E-state index is -3.24. The average Bonchev–Trinajstić information content (AvgIpc) is 2.73. The van der Waals surface area contributed by atoms with Gasteiger partial charge in [0, 0.05) is 18.8 Å². The second-order valence-corrected chi connectivity index (χ2v) is 9.46. The van der Waals surface area contributed by atoms with E-state index in [2.05, 4.69) is 5.32 Å². The van der Waals surface area contributed by atoms with Gasteiger partial charge < -0.3 is 10.1 Å². The molecule has 1 aliphatic rings. The van der Waals surface area contributed by atoms with Crippen LogP contribution in [-0.4, -0.2) is 49.5 Å². The maximum Gasteiger partial charge on any atom is 0.309 e. The van der Waals surface area contributed by atoms with Gasteiger partial charge in [0.05, 0.1) is 11.7 Å². The third-order valence-corrected chi connectivity index (χ3v) is 7.11. The summed E-state index contributed by atoms with van der Waals surface area (Å²) in [6.07, 6.45) is -0.139. The number of sulfonamides is 1. The quantitative estimate of drug-likeness (QED) is 0.728. The van der Waals surface area contributed by atoms with Crippen LogP contribution < -0.4 is 5.32 Å². The van der Waals surface area contributed by atoms with E-state index >= 15 is 0 Å². The second-order valence-electron chi connectivity index (χ2n) is 7.20. The number of benzene rings is 2. The molecule has 1 heterocycles. The molecule has 0 aliphatic carbocycles. The Labute approximate surface area is 171 Å². The first kappa shape index (κ1) is 21.3. The van der Waals surface area contributed by atoms with Crippen LogP contribution in [0.15, 0.2) is 42.5 Å². The number of esters is 1. The van der Waals surface area contributed by atoms with Crippen molar-refractivity contribution in [2.45, 2.75) is 32.8 Å². The molecule has 0 bridgehead atoms. The number of anilines is 1. The summed E-state index contributed by atoms with van der Waals surface area (Å²) < 4.78 is 30.6. The van der Waals surface area contributed by atoms with E-state index in [1.54, 1.807) is 13.0 Å². The summed E-state index contributed by atoms with van der Waals surface area (Å²) in [4.78, 5) is 24.8.